The zero-order valence-electron chi connectivity index (χ0n) is 21.7. The van der Waals surface area contributed by atoms with Crippen LogP contribution in [0, 0.1) is 6.92 Å². The quantitative estimate of drug-likeness (QED) is 0.229. The summed E-state index contributed by atoms with van der Waals surface area (Å²) in [4.78, 5) is 0. The molecule has 0 spiro atoms. The summed E-state index contributed by atoms with van der Waals surface area (Å²) in [6.07, 6.45) is 0. The summed E-state index contributed by atoms with van der Waals surface area (Å²) in [7, 11) is 0. The highest BCUT2D eigenvalue weighted by Gasteiger charge is 2.16. The molecule has 0 unspecified atom stereocenters. The van der Waals surface area contributed by atoms with E-state index in [1.807, 2.05) is 0 Å². The molecule has 39 heavy (non-hydrogen) atoms. The predicted octanol–water partition coefficient (Wildman–Crippen LogP) is 9.86. The summed E-state index contributed by atoms with van der Waals surface area (Å²) in [6, 6.07) is 50.6. The molecular weight excluding hydrogens is 472 g/mol. The molecule has 0 amide bonds. The number of para-hydroxylation sites is 3. The molecule has 0 fully saturated rings. The second kappa shape index (κ2) is 8.47. The van der Waals surface area contributed by atoms with Crippen LogP contribution in [0.15, 0.2) is 140 Å². The maximum absolute atomic E-state index is 2.38. The van der Waals surface area contributed by atoms with Crippen LogP contribution in [0.25, 0.3) is 66.1 Å². The third-order valence-corrected chi connectivity index (χ3v) is 7.96. The van der Waals surface area contributed by atoms with Crippen molar-refractivity contribution in [2.24, 2.45) is 0 Å². The Bertz CT molecular complexity index is 2160. The molecule has 8 rings (SSSR count). The summed E-state index contributed by atoms with van der Waals surface area (Å²) < 4.78 is 4.75. The average Bonchev–Trinajstić information content (AvgIpc) is 3.50. The van der Waals surface area contributed by atoms with Crippen LogP contribution in [-0.4, -0.2) is 9.13 Å². The molecule has 0 N–H and O–H groups in total. The molecule has 0 aliphatic carbocycles. The van der Waals surface area contributed by atoms with E-state index in [1.54, 1.807) is 0 Å². The van der Waals surface area contributed by atoms with Crippen LogP contribution >= 0.6 is 0 Å². The lowest BCUT2D eigenvalue weighted by Gasteiger charge is -2.09. The van der Waals surface area contributed by atoms with Gasteiger partial charge in [-0.2, -0.15) is 0 Å². The van der Waals surface area contributed by atoms with Crippen LogP contribution in [0.2, 0.25) is 0 Å². The molecule has 0 aliphatic rings. The monoisotopic (exact) mass is 498 g/mol. The minimum Gasteiger partial charge on any atom is -0.309 e. The van der Waals surface area contributed by atoms with Gasteiger partial charge in [0.05, 0.1) is 22.1 Å². The molecule has 6 aromatic carbocycles. The van der Waals surface area contributed by atoms with Gasteiger partial charge in [-0.3, -0.25) is 0 Å². The first-order chi connectivity index (χ1) is 19.3. The van der Waals surface area contributed by atoms with Crippen molar-refractivity contribution >= 4 is 43.6 Å². The lowest BCUT2D eigenvalue weighted by atomic mass is 10.0. The Labute approximate surface area is 227 Å². The Kier molecular flexibility index (Phi) is 4.77. The van der Waals surface area contributed by atoms with Crippen molar-refractivity contribution in [3.8, 4) is 22.5 Å². The van der Waals surface area contributed by atoms with Gasteiger partial charge in [0.25, 0.3) is 0 Å². The maximum atomic E-state index is 2.38. The fraction of sp³-hybridized carbons (Fsp3) is 0.0270. The number of aromatic nitrogens is 2. The lowest BCUT2D eigenvalue weighted by molar-refractivity contribution is 1.18. The number of hydrogen-bond acceptors (Lipinski definition) is 0. The van der Waals surface area contributed by atoms with Crippen LogP contribution in [0.5, 0.6) is 0 Å². The highest BCUT2D eigenvalue weighted by Crippen LogP contribution is 2.38. The van der Waals surface area contributed by atoms with Crippen molar-refractivity contribution < 1.29 is 0 Å². The molecule has 184 valence electrons. The molecule has 0 saturated carbocycles. The van der Waals surface area contributed by atoms with Gasteiger partial charge in [-0.25, -0.2) is 0 Å². The van der Waals surface area contributed by atoms with Crippen molar-refractivity contribution in [1.29, 1.82) is 0 Å². The largest absolute Gasteiger partial charge is 0.309 e. The molecule has 2 nitrogen and oxygen atoms in total. The normalized spacial score (nSPS) is 11.7. The van der Waals surface area contributed by atoms with Crippen molar-refractivity contribution in [3.63, 3.8) is 0 Å². The molecule has 8 aromatic rings. The van der Waals surface area contributed by atoms with Gasteiger partial charge < -0.3 is 9.13 Å². The zero-order valence-corrected chi connectivity index (χ0v) is 21.7. The Morgan fingerprint density at radius 2 is 0.795 bits per heavy atom. The summed E-state index contributed by atoms with van der Waals surface area (Å²) in [5.74, 6) is 0. The molecule has 0 atom stereocenters. The Hall–Kier alpha value is -5.08. The smallest absolute Gasteiger partial charge is 0.0541 e. The van der Waals surface area contributed by atoms with E-state index in [9.17, 15) is 0 Å². The summed E-state index contributed by atoms with van der Waals surface area (Å²) in [5, 5.41) is 5.12. The van der Waals surface area contributed by atoms with Gasteiger partial charge >= 0.3 is 0 Å². The van der Waals surface area contributed by atoms with Gasteiger partial charge in [0, 0.05) is 32.9 Å². The number of benzene rings is 6. The standard InChI is InChI=1S/C37H26N2/c1-25-16-19-35-31(22-25)33-24-27(18-21-37(33)39(35)29-12-6-3-7-13-29)26-17-20-36-32(23-26)30-14-8-9-15-34(30)38(36)28-10-4-2-5-11-28/h2-24H,1H3. The van der Waals surface area contributed by atoms with E-state index in [0.29, 0.717) is 0 Å². The third-order valence-electron chi connectivity index (χ3n) is 7.96. The number of fused-ring (bicyclic) bond motifs is 6. The van der Waals surface area contributed by atoms with E-state index in [1.165, 1.54) is 71.7 Å². The first-order valence-electron chi connectivity index (χ1n) is 13.5. The minimum atomic E-state index is 1.18. The van der Waals surface area contributed by atoms with Gasteiger partial charge in [-0.15, -0.1) is 0 Å². The lowest BCUT2D eigenvalue weighted by Crippen LogP contribution is -1.93. The van der Waals surface area contributed by atoms with Crippen molar-refractivity contribution in [2.45, 2.75) is 6.92 Å². The molecule has 0 aliphatic heterocycles. The SMILES string of the molecule is Cc1ccc2c(c1)c1cc(-c3ccc4c(c3)c3ccccc3n4-c3ccccc3)ccc1n2-c1ccccc1. The van der Waals surface area contributed by atoms with Gasteiger partial charge in [-0.05, 0) is 84.8 Å². The maximum Gasteiger partial charge on any atom is 0.0541 e. The Morgan fingerprint density at radius 3 is 1.38 bits per heavy atom. The topological polar surface area (TPSA) is 9.86 Å². The van der Waals surface area contributed by atoms with E-state index < -0.39 is 0 Å². The molecule has 0 bridgehead atoms. The summed E-state index contributed by atoms with van der Waals surface area (Å²) in [5.41, 5.74) is 11.0. The fourth-order valence-electron chi connectivity index (χ4n) is 6.18. The summed E-state index contributed by atoms with van der Waals surface area (Å²) >= 11 is 0. The Morgan fingerprint density at radius 1 is 0.359 bits per heavy atom. The van der Waals surface area contributed by atoms with Crippen molar-refractivity contribution in [1.82, 2.24) is 9.13 Å². The van der Waals surface area contributed by atoms with Gasteiger partial charge in [-0.1, -0.05) is 78.4 Å². The third kappa shape index (κ3) is 3.35. The molecular formula is C37H26N2. The van der Waals surface area contributed by atoms with Crippen LogP contribution in [0.1, 0.15) is 5.56 Å². The van der Waals surface area contributed by atoms with E-state index in [-0.39, 0.29) is 0 Å². The fourth-order valence-corrected chi connectivity index (χ4v) is 6.18. The number of nitrogens with zero attached hydrogens (tertiary/aromatic N) is 2. The molecule has 2 heteroatoms. The summed E-state index contributed by atoms with van der Waals surface area (Å²) in [6.45, 7) is 2.17. The molecule has 0 radical (unpaired) electrons. The van der Waals surface area contributed by atoms with E-state index >= 15 is 0 Å². The molecule has 2 aromatic heterocycles. The minimum absolute atomic E-state index is 1.18. The second-order valence-corrected chi connectivity index (χ2v) is 10.3. The Balaban J connectivity index is 1.37. The van der Waals surface area contributed by atoms with Gasteiger partial charge in [0.1, 0.15) is 0 Å². The van der Waals surface area contributed by atoms with Gasteiger partial charge in [0.15, 0.2) is 0 Å². The van der Waals surface area contributed by atoms with Crippen LogP contribution < -0.4 is 0 Å². The highest BCUT2D eigenvalue weighted by atomic mass is 15.0. The zero-order chi connectivity index (χ0) is 25.9. The van der Waals surface area contributed by atoms with E-state index in [0.717, 1.165) is 0 Å². The number of aryl methyl sites for hydroxylation is 1. The van der Waals surface area contributed by atoms with Crippen molar-refractivity contribution in [3.05, 3.63) is 145 Å². The average molecular weight is 499 g/mol. The number of hydrogen-bond donors (Lipinski definition) is 0. The van der Waals surface area contributed by atoms with Crippen LogP contribution in [0.3, 0.4) is 0 Å². The molecule has 2 heterocycles. The highest BCUT2D eigenvalue weighted by molar-refractivity contribution is 6.12. The number of rotatable bonds is 3. The van der Waals surface area contributed by atoms with E-state index in [2.05, 4.69) is 156 Å². The van der Waals surface area contributed by atoms with Crippen molar-refractivity contribution in [2.75, 3.05) is 0 Å². The first-order valence-corrected chi connectivity index (χ1v) is 13.5. The second-order valence-electron chi connectivity index (χ2n) is 10.3. The first kappa shape index (κ1) is 22.0. The predicted molar refractivity (Wildman–Crippen MR) is 165 cm³/mol. The van der Waals surface area contributed by atoms with Crippen LogP contribution in [0.4, 0.5) is 0 Å². The molecule has 0 saturated heterocycles. The van der Waals surface area contributed by atoms with Gasteiger partial charge in [0.2, 0.25) is 0 Å². The van der Waals surface area contributed by atoms with Crippen LogP contribution in [-0.2, 0) is 0 Å². The van der Waals surface area contributed by atoms with E-state index in [4.69, 9.17) is 0 Å².